The summed E-state index contributed by atoms with van der Waals surface area (Å²) >= 11 is 0. The van der Waals surface area contributed by atoms with Gasteiger partial charge in [-0.25, -0.2) is 9.97 Å². The molecule has 0 fully saturated rings. The number of carboxylic acid groups (broad SMARTS) is 1. The second-order valence-corrected chi connectivity index (χ2v) is 11.2. The van der Waals surface area contributed by atoms with Crippen molar-refractivity contribution in [3.63, 3.8) is 0 Å². The minimum absolute atomic E-state index is 0.0866. The Labute approximate surface area is 243 Å². The first-order valence-corrected chi connectivity index (χ1v) is 14.3. The van der Waals surface area contributed by atoms with E-state index < -0.39 is 5.97 Å². The zero-order valence-corrected chi connectivity index (χ0v) is 24.0. The average Bonchev–Trinajstić information content (AvgIpc) is 3.38. The molecule has 0 unspecified atom stereocenters. The van der Waals surface area contributed by atoms with Crippen LogP contribution in [-0.2, 0) is 37.6 Å². The quantitative estimate of drug-likeness (QED) is 0.312. The largest absolute Gasteiger partial charge is 0.493 e. The summed E-state index contributed by atoms with van der Waals surface area (Å²) in [6.45, 7) is 6.22. The highest BCUT2D eigenvalue weighted by Crippen LogP contribution is 2.41. The summed E-state index contributed by atoms with van der Waals surface area (Å²) in [5.41, 5.74) is 10.9. The predicted octanol–water partition coefficient (Wildman–Crippen LogP) is 5.22. The molecule has 9 nitrogen and oxygen atoms in total. The number of rotatable bonds is 5. The Bertz CT molecular complexity index is 1880. The molecule has 0 atom stereocenters. The van der Waals surface area contributed by atoms with E-state index in [1.165, 1.54) is 11.1 Å². The monoisotopic (exact) mass is 560 g/mol. The van der Waals surface area contributed by atoms with Crippen molar-refractivity contribution in [1.82, 2.24) is 24.7 Å². The summed E-state index contributed by atoms with van der Waals surface area (Å²) in [7, 11) is 1.89. The van der Waals surface area contributed by atoms with E-state index >= 15 is 0 Å². The first-order valence-electron chi connectivity index (χ1n) is 14.3. The fourth-order valence-corrected chi connectivity index (χ4v) is 6.53. The molecule has 42 heavy (non-hydrogen) atoms. The minimum Gasteiger partial charge on any atom is -0.493 e. The molecule has 7 rings (SSSR count). The van der Waals surface area contributed by atoms with Crippen molar-refractivity contribution >= 4 is 22.8 Å². The number of hydrogen-bond acceptors (Lipinski definition) is 7. The van der Waals surface area contributed by atoms with Crippen LogP contribution in [0.4, 0.5) is 5.82 Å². The van der Waals surface area contributed by atoms with Crippen molar-refractivity contribution in [2.45, 2.75) is 46.1 Å². The van der Waals surface area contributed by atoms with Crippen molar-refractivity contribution in [3.05, 3.63) is 82.6 Å². The maximum Gasteiger partial charge on any atom is 0.307 e. The number of carbonyl (C=O) groups is 1. The standard InChI is InChI=1S/C33H32N6O3/c1-19-26(15-29(40)41)31(24-8-9-28-22(14-24)5-4-12-42-28)30(20(2)37-19)23-6-7-25-17-39(11-10-21(25)13-23)33-27-16-36-38(3)32(27)34-18-35-33/h6-9,13-14,16,18H,4-5,10-12,15,17H2,1-3H3,(H,40,41). The van der Waals surface area contributed by atoms with Crippen LogP contribution in [-0.4, -0.2) is 49.0 Å². The van der Waals surface area contributed by atoms with Crippen LogP contribution in [0.3, 0.4) is 0 Å². The molecule has 5 aromatic rings. The first-order chi connectivity index (χ1) is 20.4. The molecule has 2 aromatic carbocycles. The maximum atomic E-state index is 12.0. The van der Waals surface area contributed by atoms with Gasteiger partial charge < -0.3 is 14.7 Å². The topological polar surface area (TPSA) is 106 Å². The number of hydrogen-bond donors (Lipinski definition) is 1. The number of carboxylic acids is 1. The van der Waals surface area contributed by atoms with E-state index in [4.69, 9.17) is 9.72 Å². The summed E-state index contributed by atoms with van der Waals surface area (Å²) in [6.07, 6.45) is 6.14. The van der Waals surface area contributed by atoms with Gasteiger partial charge in [0.25, 0.3) is 0 Å². The lowest BCUT2D eigenvalue weighted by Gasteiger charge is -2.30. The second kappa shape index (κ2) is 10.2. The van der Waals surface area contributed by atoms with E-state index in [1.807, 2.05) is 33.2 Å². The number of fused-ring (bicyclic) bond motifs is 3. The molecule has 2 aliphatic heterocycles. The Hall–Kier alpha value is -4.79. The second-order valence-electron chi connectivity index (χ2n) is 11.2. The molecular formula is C33H32N6O3. The highest BCUT2D eigenvalue weighted by atomic mass is 16.5. The normalized spacial score (nSPS) is 14.4. The van der Waals surface area contributed by atoms with Crippen molar-refractivity contribution in [2.24, 2.45) is 7.05 Å². The molecular weight excluding hydrogens is 528 g/mol. The van der Waals surface area contributed by atoms with Crippen LogP contribution < -0.4 is 9.64 Å². The molecule has 2 aliphatic rings. The molecule has 0 saturated heterocycles. The Balaban J connectivity index is 1.32. The number of aromatic nitrogens is 5. The van der Waals surface area contributed by atoms with Crippen LogP contribution in [0.1, 0.15) is 40.1 Å². The number of benzene rings is 2. The van der Waals surface area contributed by atoms with Crippen LogP contribution in [0.2, 0.25) is 0 Å². The van der Waals surface area contributed by atoms with Crippen LogP contribution in [0, 0.1) is 13.8 Å². The fraction of sp³-hybridized carbons (Fsp3) is 0.303. The van der Waals surface area contributed by atoms with E-state index in [-0.39, 0.29) is 6.42 Å². The van der Waals surface area contributed by atoms with Gasteiger partial charge >= 0.3 is 5.97 Å². The van der Waals surface area contributed by atoms with Gasteiger partial charge in [0.2, 0.25) is 0 Å². The third-order valence-electron chi connectivity index (χ3n) is 8.53. The summed E-state index contributed by atoms with van der Waals surface area (Å²) in [5.74, 6) is 0.952. The van der Waals surface area contributed by atoms with Gasteiger partial charge in [-0.1, -0.05) is 24.3 Å². The highest BCUT2D eigenvalue weighted by molar-refractivity contribution is 5.91. The zero-order valence-electron chi connectivity index (χ0n) is 24.0. The van der Waals surface area contributed by atoms with Gasteiger partial charge in [0, 0.05) is 37.1 Å². The number of nitrogens with zero attached hydrogens (tertiary/aromatic N) is 6. The molecule has 5 heterocycles. The lowest BCUT2D eigenvalue weighted by Crippen LogP contribution is -2.31. The summed E-state index contributed by atoms with van der Waals surface area (Å²) in [5, 5.41) is 15.2. The average molecular weight is 561 g/mol. The van der Waals surface area contributed by atoms with E-state index in [0.29, 0.717) is 0 Å². The predicted molar refractivity (Wildman–Crippen MR) is 161 cm³/mol. The van der Waals surface area contributed by atoms with Gasteiger partial charge in [-0.2, -0.15) is 5.10 Å². The Morgan fingerprint density at radius 1 is 0.976 bits per heavy atom. The van der Waals surface area contributed by atoms with Gasteiger partial charge in [-0.3, -0.25) is 14.5 Å². The Morgan fingerprint density at radius 2 is 1.79 bits per heavy atom. The Morgan fingerprint density at radius 3 is 2.64 bits per heavy atom. The summed E-state index contributed by atoms with van der Waals surface area (Å²) in [4.78, 5) is 28.2. The lowest BCUT2D eigenvalue weighted by atomic mass is 9.85. The SMILES string of the molecule is Cc1nc(C)c(-c2ccc3c(c2)CCN(c2ncnc4c2cnn4C)C3)c(-c2ccc3c(c2)CCCO3)c1CC(=O)O. The van der Waals surface area contributed by atoms with E-state index in [1.54, 1.807) is 11.0 Å². The number of pyridine rings is 1. The molecule has 0 aliphatic carbocycles. The lowest BCUT2D eigenvalue weighted by molar-refractivity contribution is -0.136. The van der Waals surface area contributed by atoms with E-state index in [0.717, 1.165) is 106 Å². The third kappa shape index (κ3) is 4.45. The van der Waals surface area contributed by atoms with Crippen LogP contribution >= 0.6 is 0 Å². The van der Waals surface area contributed by atoms with Gasteiger partial charge in [0.1, 0.15) is 17.9 Å². The van der Waals surface area contributed by atoms with Gasteiger partial charge in [0.15, 0.2) is 5.65 Å². The van der Waals surface area contributed by atoms with Crippen LogP contribution in [0.25, 0.3) is 33.3 Å². The zero-order chi connectivity index (χ0) is 29.0. The molecule has 0 radical (unpaired) electrons. The molecule has 212 valence electrons. The first kappa shape index (κ1) is 26.1. The molecule has 0 saturated carbocycles. The molecule has 3 aromatic heterocycles. The molecule has 0 bridgehead atoms. The third-order valence-corrected chi connectivity index (χ3v) is 8.53. The van der Waals surface area contributed by atoms with Gasteiger partial charge in [-0.05, 0) is 84.2 Å². The van der Waals surface area contributed by atoms with Gasteiger partial charge in [-0.15, -0.1) is 0 Å². The summed E-state index contributed by atoms with van der Waals surface area (Å²) < 4.78 is 7.65. The van der Waals surface area contributed by atoms with E-state index in [2.05, 4.69) is 50.3 Å². The molecule has 0 amide bonds. The highest BCUT2D eigenvalue weighted by Gasteiger charge is 2.25. The smallest absolute Gasteiger partial charge is 0.307 e. The Kier molecular flexibility index (Phi) is 6.37. The number of aliphatic carboxylic acids is 1. The maximum absolute atomic E-state index is 12.0. The molecule has 9 heteroatoms. The molecule has 0 spiro atoms. The van der Waals surface area contributed by atoms with E-state index in [9.17, 15) is 9.90 Å². The van der Waals surface area contributed by atoms with Crippen molar-refractivity contribution in [3.8, 4) is 28.0 Å². The number of ether oxygens (including phenoxy) is 1. The number of aryl methyl sites for hydroxylation is 4. The van der Waals surface area contributed by atoms with Crippen molar-refractivity contribution < 1.29 is 14.6 Å². The number of anilines is 1. The van der Waals surface area contributed by atoms with Crippen molar-refractivity contribution in [1.29, 1.82) is 0 Å². The van der Waals surface area contributed by atoms with Gasteiger partial charge in [0.05, 0.1) is 24.6 Å². The van der Waals surface area contributed by atoms with Crippen molar-refractivity contribution in [2.75, 3.05) is 18.1 Å². The van der Waals surface area contributed by atoms with Crippen LogP contribution in [0.15, 0.2) is 48.9 Å². The van der Waals surface area contributed by atoms with Crippen LogP contribution in [0.5, 0.6) is 5.75 Å². The molecule has 1 N–H and O–H groups in total. The summed E-state index contributed by atoms with van der Waals surface area (Å²) in [6, 6.07) is 12.9. The fourth-order valence-electron chi connectivity index (χ4n) is 6.53. The minimum atomic E-state index is -0.866.